The lowest BCUT2D eigenvalue weighted by atomic mass is 10.0. The number of hydrogen-bond acceptors (Lipinski definition) is 3. The number of amides is 1. The van der Waals surface area contributed by atoms with E-state index in [-0.39, 0.29) is 11.9 Å². The maximum atomic E-state index is 12.2. The van der Waals surface area contributed by atoms with Gasteiger partial charge in [0.2, 0.25) is 5.91 Å². The van der Waals surface area contributed by atoms with Crippen molar-refractivity contribution in [2.75, 3.05) is 13.1 Å². The van der Waals surface area contributed by atoms with E-state index in [1.807, 2.05) is 17.9 Å². The summed E-state index contributed by atoms with van der Waals surface area (Å²) in [6.07, 6.45) is 2.06. The molecular formula is C12H17BrN2OS. The van der Waals surface area contributed by atoms with Crippen LogP contribution in [-0.2, 0) is 11.3 Å². The van der Waals surface area contributed by atoms with E-state index in [4.69, 9.17) is 0 Å². The van der Waals surface area contributed by atoms with Gasteiger partial charge in [-0.2, -0.15) is 0 Å². The second-order valence-electron chi connectivity index (χ2n) is 4.22. The molecule has 1 N–H and O–H groups in total. The summed E-state index contributed by atoms with van der Waals surface area (Å²) in [6, 6.07) is 4.15. The van der Waals surface area contributed by atoms with Crippen LogP contribution in [0, 0.1) is 0 Å². The topological polar surface area (TPSA) is 32.3 Å². The molecule has 1 atom stereocenters. The maximum Gasteiger partial charge on any atom is 0.240 e. The van der Waals surface area contributed by atoms with Gasteiger partial charge in [0.05, 0.1) is 16.4 Å². The molecule has 3 nitrogen and oxygen atoms in total. The fraction of sp³-hybridized carbons (Fsp3) is 0.583. The number of likely N-dealkylation sites (N-methyl/N-ethyl adjacent to an activating group) is 1. The Hall–Kier alpha value is -0.390. The number of hydrogen-bond donors (Lipinski definition) is 1. The SMILES string of the molecule is CCNC1CCCN(Cc2ccc(Br)s2)C1=O. The smallest absolute Gasteiger partial charge is 0.240 e. The van der Waals surface area contributed by atoms with E-state index in [1.54, 1.807) is 11.3 Å². The molecule has 1 saturated heterocycles. The average Bonchev–Trinajstić information content (AvgIpc) is 2.70. The van der Waals surface area contributed by atoms with E-state index in [2.05, 4.69) is 27.3 Å². The number of halogens is 1. The zero-order valence-corrected chi connectivity index (χ0v) is 12.3. The van der Waals surface area contributed by atoms with Crippen molar-refractivity contribution in [2.24, 2.45) is 0 Å². The van der Waals surface area contributed by atoms with E-state index < -0.39 is 0 Å². The van der Waals surface area contributed by atoms with Gasteiger partial charge >= 0.3 is 0 Å². The number of nitrogens with one attached hydrogen (secondary N) is 1. The summed E-state index contributed by atoms with van der Waals surface area (Å²) in [7, 11) is 0. The Kier molecular flexibility index (Phi) is 4.59. The van der Waals surface area contributed by atoms with Crippen LogP contribution in [0.1, 0.15) is 24.6 Å². The molecule has 17 heavy (non-hydrogen) atoms. The minimum Gasteiger partial charge on any atom is -0.336 e. The third kappa shape index (κ3) is 3.30. The van der Waals surface area contributed by atoms with Gasteiger partial charge in [0.25, 0.3) is 0 Å². The highest BCUT2D eigenvalue weighted by atomic mass is 79.9. The van der Waals surface area contributed by atoms with Crippen LogP contribution in [0.2, 0.25) is 0 Å². The summed E-state index contributed by atoms with van der Waals surface area (Å²) in [5.41, 5.74) is 0. The molecule has 1 aliphatic heterocycles. The van der Waals surface area contributed by atoms with Crippen molar-refractivity contribution >= 4 is 33.2 Å². The van der Waals surface area contributed by atoms with Gasteiger partial charge in [-0.05, 0) is 47.4 Å². The summed E-state index contributed by atoms with van der Waals surface area (Å²) in [5.74, 6) is 0.252. The highest BCUT2D eigenvalue weighted by Crippen LogP contribution is 2.24. The van der Waals surface area contributed by atoms with E-state index in [0.717, 1.165) is 36.3 Å². The average molecular weight is 317 g/mol. The van der Waals surface area contributed by atoms with Crippen molar-refractivity contribution < 1.29 is 4.79 Å². The minimum absolute atomic E-state index is 0.0251. The fourth-order valence-corrected chi connectivity index (χ4v) is 3.66. The number of nitrogens with zero attached hydrogens (tertiary/aromatic N) is 1. The maximum absolute atomic E-state index is 12.2. The number of rotatable bonds is 4. The van der Waals surface area contributed by atoms with Gasteiger partial charge in [0.1, 0.15) is 0 Å². The highest BCUT2D eigenvalue weighted by Gasteiger charge is 2.27. The van der Waals surface area contributed by atoms with Gasteiger partial charge in [-0.3, -0.25) is 4.79 Å². The molecular weight excluding hydrogens is 300 g/mol. The molecule has 0 aliphatic carbocycles. The first-order valence-corrected chi connectivity index (χ1v) is 7.58. The standard InChI is InChI=1S/C12H17BrN2OS/c1-2-14-10-4-3-7-15(12(10)16)8-9-5-6-11(13)17-9/h5-6,10,14H,2-4,7-8H2,1H3. The Balaban J connectivity index is 1.98. The molecule has 0 bridgehead atoms. The first-order chi connectivity index (χ1) is 8.20. The number of carbonyl (C=O) groups is 1. The zero-order chi connectivity index (χ0) is 12.3. The molecule has 2 rings (SSSR count). The lowest BCUT2D eigenvalue weighted by Crippen LogP contribution is -2.50. The van der Waals surface area contributed by atoms with Crippen LogP contribution in [0.15, 0.2) is 15.9 Å². The van der Waals surface area contributed by atoms with E-state index in [1.165, 1.54) is 4.88 Å². The van der Waals surface area contributed by atoms with Gasteiger partial charge in [0.15, 0.2) is 0 Å². The molecule has 2 heterocycles. The molecule has 0 saturated carbocycles. The van der Waals surface area contributed by atoms with E-state index >= 15 is 0 Å². The Labute approximate surface area is 114 Å². The van der Waals surface area contributed by atoms with E-state index in [9.17, 15) is 4.79 Å². The molecule has 1 aliphatic rings. The summed E-state index contributed by atoms with van der Waals surface area (Å²) in [5, 5.41) is 3.26. The predicted molar refractivity (Wildman–Crippen MR) is 74.1 cm³/mol. The van der Waals surface area contributed by atoms with Crippen molar-refractivity contribution in [2.45, 2.75) is 32.4 Å². The van der Waals surface area contributed by atoms with Crippen molar-refractivity contribution in [3.05, 3.63) is 20.8 Å². The van der Waals surface area contributed by atoms with Crippen LogP contribution in [0.25, 0.3) is 0 Å². The third-order valence-corrected chi connectivity index (χ3v) is 4.57. The van der Waals surface area contributed by atoms with Crippen LogP contribution >= 0.6 is 27.3 Å². The van der Waals surface area contributed by atoms with Crippen LogP contribution < -0.4 is 5.32 Å². The molecule has 94 valence electrons. The van der Waals surface area contributed by atoms with E-state index in [0.29, 0.717) is 0 Å². The lowest BCUT2D eigenvalue weighted by Gasteiger charge is -2.32. The molecule has 1 aromatic heterocycles. The number of carbonyl (C=O) groups excluding carboxylic acids is 1. The second-order valence-corrected chi connectivity index (χ2v) is 6.77. The molecule has 1 amide bonds. The number of thiophene rings is 1. The van der Waals surface area contributed by atoms with Gasteiger partial charge in [0, 0.05) is 11.4 Å². The Morgan fingerprint density at radius 1 is 1.59 bits per heavy atom. The second kappa shape index (κ2) is 5.98. The monoisotopic (exact) mass is 316 g/mol. The summed E-state index contributed by atoms with van der Waals surface area (Å²) in [6.45, 7) is 4.53. The number of piperidine rings is 1. The molecule has 1 unspecified atom stereocenters. The van der Waals surface area contributed by atoms with Crippen LogP contribution in [0.5, 0.6) is 0 Å². The molecule has 5 heteroatoms. The minimum atomic E-state index is 0.0251. The Morgan fingerprint density at radius 3 is 3.06 bits per heavy atom. The van der Waals surface area contributed by atoms with Crippen molar-refractivity contribution in [1.29, 1.82) is 0 Å². The first kappa shape index (κ1) is 13.1. The van der Waals surface area contributed by atoms with Crippen molar-refractivity contribution in [3.8, 4) is 0 Å². The highest BCUT2D eigenvalue weighted by molar-refractivity contribution is 9.11. The van der Waals surface area contributed by atoms with Gasteiger partial charge in [-0.25, -0.2) is 0 Å². The summed E-state index contributed by atoms with van der Waals surface area (Å²) >= 11 is 5.15. The predicted octanol–water partition coefficient (Wildman–Crippen LogP) is 2.61. The lowest BCUT2D eigenvalue weighted by molar-refractivity contribution is -0.136. The summed E-state index contributed by atoms with van der Waals surface area (Å²) in [4.78, 5) is 15.4. The van der Waals surface area contributed by atoms with Gasteiger partial charge < -0.3 is 10.2 Å². The molecule has 0 spiro atoms. The quantitative estimate of drug-likeness (QED) is 0.926. The zero-order valence-electron chi connectivity index (χ0n) is 9.91. The van der Waals surface area contributed by atoms with Crippen molar-refractivity contribution in [1.82, 2.24) is 10.2 Å². The van der Waals surface area contributed by atoms with Crippen LogP contribution in [0.3, 0.4) is 0 Å². The largest absolute Gasteiger partial charge is 0.336 e. The first-order valence-electron chi connectivity index (χ1n) is 5.97. The Morgan fingerprint density at radius 2 is 2.41 bits per heavy atom. The normalized spacial score (nSPS) is 20.9. The summed E-state index contributed by atoms with van der Waals surface area (Å²) < 4.78 is 1.13. The van der Waals surface area contributed by atoms with Gasteiger partial charge in [-0.1, -0.05) is 6.92 Å². The molecule has 1 aromatic rings. The third-order valence-electron chi connectivity index (χ3n) is 2.96. The molecule has 0 radical (unpaired) electrons. The number of likely N-dealkylation sites (tertiary alicyclic amines) is 1. The van der Waals surface area contributed by atoms with Crippen molar-refractivity contribution in [3.63, 3.8) is 0 Å². The molecule has 0 aromatic carbocycles. The van der Waals surface area contributed by atoms with Crippen LogP contribution in [-0.4, -0.2) is 29.9 Å². The molecule has 1 fully saturated rings. The van der Waals surface area contributed by atoms with Gasteiger partial charge in [-0.15, -0.1) is 11.3 Å². The Bertz CT molecular complexity index is 392. The van der Waals surface area contributed by atoms with Crippen LogP contribution in [0.4, 0.5) is 0 Å². The fourth-order valence-electron chi connectivity index (χ4n) is 2.16.